The molecule has 0 spiro atoms. The van der Waals surface area contributed by atoms with Gasteiger partial charge < -0.3 is 19.9 Å². The standard InChI is InChI=1S/C16H23NO4/c1-12-3-5-13(6-4-12)11-17-15(19)14(7-8-18)16(2)20-9-10-21-16/h3-6,14,18H,7-11H2,1-2H3,(H,17,19). The Balaban J connectivity index is 1.96. The molecule has 1 atom stereocenters. The Morgan fingerprint density at radius 2 is 1.95 bits per heavy atom. The molecule has 1 aliphatic heterocycles. The summed E-state index contributed by atoms with van der Waals surface area (Å²) in [7, 11) is 0. The van der Waals surface area contributed by atoms with Crippen molar-refractivity contribution in [3.63, 3.8) is 0 Å². The van der Waals surface area contributed by atoms with Gasteiger partial charge in [-0.15, -0.1) is 0 Å². The number of carbonyl (C=O) groups excluding carboxylic acids is 1. The number of aryl methyl sites for hydroxylation is 1. The summed E-state index contributed by atoms with van der Waals surface area (Å²) in [6.45, 7) is 5.11. The second-order valence-electron chi connectivity index (χ2n) is 5.48. The Morgan fingerprint density at radius 3 is 2.52 bits per heavy atom. The SMILES string of the molecule is Cc1ccc(CNC(=O)C(CCO)C2(C)OCCO2)cc1. The van der Waals surface area contributed by atoms with Crippen molar-refractivity contribution in [3.8, 4) is 0 Å². The van der Waals surface area contributed by atoms with Gasteiger partial charge in [0.2, 0.25) is 5.91 Å². The highest BCUT2D eigenvalue weighted by molar-refractivity contribution is 5.79. The first kappa shape index (κ1) is 15.9. The predicted octanol–water partition coefficient (Wildman–Crippen LogP) is 1.37. The van der Waals surface area contributed by atoms with E-state index < -0.39 is 11.7 Å². The van der Waals surface area contributed by atoms with E-state index in [1.807, 2.05) is 31.2 Å². The average molecular weight is 293 g/mol. The van der Waals surface area contributed by atoms with Crippen molar-refractivity contribution in [2.24, 2.45) is 5.92 Å². The van der Waals surface area contributed by atoms with E-state index in [1.165, 1.54) is 5.56 Å². The largest absolute Gasteiger partial charge is 0.396 e. The van der Waals surface area contributed by atoms with Crippen molar-refractivity contribution >= 4 is 5.91 Å². The summed E-state index contributed by atoms with van der Waals surface area (Å²) in [4.78, 5) is 12.4. The maximum atomic E-state index is 12.4. The maximum Gasteiger partial charge on any atom is 0.228 e. The molecule has 5 nitrogen and oxygen atoms in total. The summed E-state index contributed by atoms with van der Waals surface area (Å²) >= 11 is 0. The second kappa shape index (κ2) is 7.02. The molecule has 2 N–H and O–H groups in total. The van der Waals surface area contributed by atoms with Crippen molar-refractivity contribution in [1.29, 1.82) is 0 Å². The van der Waals surface area contributed by atoms with E-state index in [9.17, 15) is 9.90 Å². The normalized spacial score (nSPS) is 18.4. The van der Waals surface area contributed by atoms with Crippen molar-refractivity contribution in [2.75, 3.05) is 19.8 Å². The molecule has 2 rings (SSSR count). The zero-order chi connectivity index (χ0) is 15.3. The van der Waals surface area contributed by atoms with Crippen LogP contribution in [0.1, 0.15) is 24.5 Å². The molecule has 1 aromatic rings. The molecule has 1 amide bonds. The maximum absolute atomic E-state index is 12.4. The Bertz CT molecular complexity index is 466. The predicted molar refractivity (Wildman–Crippen MR) is 78.5 cm³/mol. The van der Waals surface area contributed by atoms with E-state index in [4.69, 9.17) is 9.47 Å². The number of aliphatic hydroxyl groups excluding tert-OH is 1. The number of hydrogen-bond donors (Lipinski definition) is 2. The average Bonchev–Trinajstić information content (AvgIpc) is 2.91. The van der Waals surface area contributed by atoms with E-state index in [2.05, 4.69) is 5.32 Å². The van der Waals surface area contributed by atoms with Gasteiger partial charge in [0.25, 0.3) is 0 Å². The topological polar surface area (TPSA) is 67.8 Å². The summed E-state index contributed by atoms with van der Waals surface area (Å²) in [6.07, 6.45) is 0.316. The molecule has 116 valence electrons. The number of rotatable bonds is 6. The quantitative estimate of drug-likeness (QED) is 0.831. The summed E-state index contributed by atoms with van der Waals surface area (Å²) < 4.78 is 11.1. The van der Waals surface area contributed by atoms with Crippen LogP contribution >= 0.6 is 0 Å². The number of nitrogens with one attached hydrogen (secondary N) is 1. The van der Waals surface area contributed by atoms with E-state index in [0.717, 1.165) is 5.56 Å². The van der Waals surface area contributed by atoms with Gasteiger partial charge in [0.1, 0.15) is 0 Å². The van der Waals surface area contributed by atoms with Crippen LogP contribution in [0.4, 0.5) is 0 Å². The van der Waals surface area contributed by atoms with Crippen LogP contribution in [0.15, 0.2) is 24.3 Å². The number of carbonyl (C=O) groups is 1. The summed E-state index contributed by atoms with van der Waals surface area (Å²) in [5, 5.41) is 12.1. The van der Waals surface area contributed by atoms with Crippen LogP contribution < -0.4 is 5.32 Å². The summed E-state index contributed by atoms with van der Waals surface area (Å²) in [6, 6.07) is 8.00. The van der Waals surface area contributed by atoms with Gasteiger partial charge in [-0.2, -0.15) is 0 Å². The molecule has 0 aromatic heterocycles. The third-order valence-electron chi connectivity index (χ3n) is 3.82. The van der Waals surface area contributed by atoms with E-state index in [0.29, 0.717) is 26.2 Å². The lowest BCUT2D eigenvalue weighted by Crippen LogP contribution is -2.46. The Kier molecular flexibility index (Phi) is 5.33. The van der Waals surface area contributed by atoms with Gasteiger partial charge in [-0.05, 0) is 25.8 Å². The zero-order valence-corrected chi connectivity index (χ0v) is 12.6. The molecule has 0 saturated carbocycles. The lowest BCUT2D eigenvalue weighted by molar-refractivity contribution is -0.189. The lowest BCUT2D eigenvalue weighted by Gasteiger charge is -2.30. The number of ether oxygens (including phenoxy) is 2. The lowest BCUT2D eigenvalue weighted by atomic mass is 9.95. The van der Waals surface area contributed by atoms with Gasteiger partial charge in [0, 0.05) is 13.2 Å². The van der Waals surface area contributed by atoms with Crippen LogP contribution in [0.25, 0.3) is 0 Å². The van der Waals surface area contributed by atoms with Crippen LogP contribution in [0.5, 0.6) is 0 Å². The molecule has 21 heavy (non-hydrogen) atoms. The fourth-order valence-electron chi connectivity index (χ4n) is 2.51. The number of aliphatic hydroxyl groups is 1. The van der Waals surface area contributed by atoms with E-state index in [1.54, 1.807) is 6.92 Å². The van der Waals surface area contributed by atoms with Gasteiger partial charge in [0.15, 0.2) is 5.79 Å². The van der Waals surface area contributed by atoms with E-state index >= 15 is 0 Å². The fourth-order valence-corrected chi connectivity index (χ4v) is 2.51. The number of hydrogen-bond acceptors (Lipinski definition) is 4. The first-order valence-electron chi connectivity index (χ1n) is 7.27. The summed E-state index contributed by atoms with van der Waals surface area (Å²) in [5.41, 5.74) is 2.22. The fraction of sp³-hybridized carbons (Fsp3) is 0.562. The Labute approximate surface area is 125 Å². The third kappa shape index (κ3) is 4.03. The molecule has 1 aromatic carbocycles. The highest BCUT2D eigenvalue weighted by Crippen LogP contribution is 2.30. The molecule has 1 saturated heterocycles. The van der Waals surface area contributed by atoms with Crippen molar-refractivity contribution in [2.45, 2.75) is 32.6 Å². The Hall–Kier alpha value is -1.43. The van der Waals surface area contributed by atoms with Crippen LogP contribution in [-0.4, -0.2) is 36.6 Å². The minimum atomic E-state index is -0.944. The highest BCUT2D eigenvalue weighted by atomic mass is 16.7. The van der Waals surface area contributed by atoms with Crippen molar-refractivity contribution in [1.82, 2.24) is 5.32 Å². The molecule has 1 fully saturated rings. The van der Waals surface area contributed by atoms with Crippen LogP contribution in [-0.2, 0) is 20.8 Å². The van der Waals surface area contributed by atoms with Gasteiger partial charge in [0.05, 0.1) is 19.1 Å². The zero-order valence-electron chi connectivity index (χ0n) is 12.6. The molecule has 1 unspecified atom stereocenters. The monoisotopic (exact) mass is 293 g/mol. The highest BCUT2D eigenvalue weighted by Gasteiger charge is 2.43. The van der Waals surface area contributed by atoms with Crippen LogP contribution in [0.2, 0.25) is 0 Å². The summed E-state index contributed by atoms with van der Waals surface area (Å²) in [5.74, 6) is -1.62. The second-order valence-corrected chi connectivity index (χ2v) is 5.48. The van der Waals surface area contributed by atoms with Crippen LogP contribution in [0.3, 0.4) is 0 Å². The molecule has 1 heterocycles. The van der Waals surface area contributed by atoms with Crippen molar-refractivity contribution < 1.29 is 19.4 Å². The third-order valence-corrected chi connectivity index (χ3v) is 3.82. The van der Waals surface area contributed by atoms with Gasteiger partial charge in [-0.25, -0.2) is 0 Å². The van der Waals surface area contributed by atoms with Gasteiger partial charge in [-0.1, -0.05) is 29.8 Å². The van der Waals surface area contributed by atoms with E-state index in [-0.39, 0.29) is 12.5 Å². The smallest absolute Gasteiger partial charge is 0.228 e. The number of benzene rings is 1. The minimum Gasteiger partial charge on any atom is -0.396 e. The molecule has 5 heteroatoms. The molecule has 0 bridgehead atoms. The Morgan fingerprint density at radius 1 is 1.33 bits per heavy atom. The van der Waals surface area contributed by atoms with Gasteiger partial charge >= 0.3 is 0 Å². The van der Waals surface area contributed by atoms with Crippen molar-refractivity contribution in [3.05, 3.63) is 35.4 Å². The molecule has 1 aliphatic rings. The first-order valence-corrected chi connectivity index (χ1v) is 7.27. The number of amides is 1. The first-order chi connectivity index (χ1) is 10.0. The van der Waals surface area contributed by atoms with Crippen LogP contribution in [0, 0.1) is 12.8 Å². The molecular weight excluding hydrogens is 270 g/mol. The molecule has 0 radical (unpaired) electrons. The van der Waals surface area contributed by atoms with Gasteiger partial charge in [-0.3, -0.25) is 4.79 Å². The minimum absolute atomic E-state index is 0.0784. The molecule has 0 aliphatic carbocycles. The molecular formula is C16H23NO4.